The molecule has 22 heavy (non-hydrogen) atoms. The highest BCUT2D eigenvalue weighted by Gasteiger charge is 2.41. The van der Waals surface area contributed by atoms with Crippen molar-refractivity contribution in [2.75, 3.05) is 13.1 Å². The summed E-state index contributed by atoms with van der Waals surface area (Å²) in [5.74, 6) is 0. The third-order valence-corrected chi connectivity index (χ3v) is 5.80. The summed E-state index contributed by atoms with van der Waals surface area (Å²) in [5, 5.41) is 20.8. The number of aliphatic hydroxyl groups is 1. The van der Waals surface area contributed by atoms with Gasteiger partial charge in [0.1, 0.15) is 11.3 Å². The van der Waals surface area contributed by atoms with Crippen LogP contribution in [0.2, 0.25) is 0 Å². The molecule has 1 saturated heterocycles. The highest BCUT2D eigenvalue weighted by Crippen LogP contribution is 2.32. The fourth-order valence-corrected chi connectivity index (χ4v) is 4.40. The Bertz CT molecular complexity index is 760. The summed E-state index contributed by atoms with van der Waals surface area (Å²) < 4.78 is 26.9. The molecule has 0 bridgehead atoms. The Labute approximate surface area is 129 Å². The smallest absolute Gasteiger partial charge is 0.243 e. The molecule has 1 aliphatic rings. The zero-order valence-electron chi connectivity index (χ0n) is 12.2. The van der Waals surface area contributed by atoms with Gasteiger partial charge in [-0.15, -0.1) is 0 Å². The maximum absolute atomic E-state index is 12.8. The number of aryl methyl sites for hydroxylation is 1. The van der Waals surface area contributed by atoms with Gasteiger partial charge in [0.15, 0.2) is 0 Å². The maximum atomic E-state index is 12.8. The lowest BCUT2D eigenvalue weighted by Crippen LogP contribution is -2.48. The van der Waals surface area contributed by atoms with Crippen LogP contribution in [0.4, 0.5) is 0 Å². The van der Waals surface area contributed by atoms with Crippen molar-refractivity contribution in [3.05, 3.63) is 41.7 Å². The van der Waals surface area contributed by atoms with E-state index in [9.17, 15) is 13.5 Å². The van der Waals surface area contributed by atoms with Gasteiger partial charge >= 0.3 is 0 Å². The molecule has 1 aliphatic heterocycles. The van der Waals surface area contributed by atoms with Crippen LogP contribution < -0.4 is 0 Å². The maximum Gasteiger partial charge on any atom is 0.243 e. The van der Waals surface area contributed by atoms with Crippen molar-refractivity contribution >= 4 is 10.0 Å². The van der Waals surface area contributed by atoms with E-state index >= 15 is 0 Å². The molecule has 1 fully saturated rings. The fraction of sp³-hybridized carbons (Fsp3) is 0.429. The third kappa shape index (κ3) is 2.65. The number of rotatable bonds is 3. The molecule has 8 heteroatoms. The lowest BCUT2D eigenvalue weighted by Gasteiger charge is -2.37. The molecule has 2 aromatic rings. The van der Waals surface area contributed by atoms with E-state index in [1.54, 1.807) is 18.2 Å². The van der Waals surface area contributed by atoms with Crippen molar-refractivity contribution in [3.63, 3.8) is 0 Å². The number of hydrogen-bond acceptors (Lipinski definition) is 5. The zero-order valence-corrected chi connectivity index (χ0v) is 13.0. The lowest BCUT2D eigenvalue weighted by atomic mass is 9.91. The SMILES string of the molecule is Cc1cccc(S(=O)(=O)N2CCCC(O)(c3cn[nH]n3)C2)c1. The van der Waals surface area contributed by atoms with Gasteiger partial charge in [0.2, 0.25) is 10.0 Å². The first kappa shape index (κ1) is 15.1. The van der Waals surface area contributed by atoms with E-state index in [4.69, 9.17) is 0 Å². The van der Waals surface area contributed by atoms with Crippen molar-refractivity contribution < 1.29 is 13.5 Å². The number of β-amino-alcohol motifs (C(OH)–C–C–N with tert-alkyl or cyclic N) is 1. The van der Waals surface area contributed by atoms with Crippen molar-refractivity contribution in [1.82, 2.24) is 19.7 Å². The van der Waals surface area contributed by atoms with Gasteiger partial charge in [0, 0.05) is 13.1 Å². The van der Waals surface area contributed by atoms with E-state index in [1.165, 1.54) is 10.5 Å². The minimum absolute atomic E-state index is 0.0180. The van der Waals surface area contributed by atoms with Crippen LogP contribution in [0.5, 0.6) is 0 Å². The molecule has 0 radical (unpaired) electrons. The lowest BCUT2D eigenvalue weighted by molar-refractivity contribution is -0.0161. The van der Waals surface area contributed by atoms with Crippen molar-refractivity contribution in [2.45, 2.75) is 30.3 Å². The Hall–Kier alpha value is -1.77. The molecular formula is C14H18N4O3S. The van der Waals surface area contributed by atoms with Gasteiger partial charge in [0.05, 0.1) is 11.1 Å². The number of sulfonamides is 1. The Kier molecular flexibility index (Phi) is 3.75. The van der Waals surface area contributed by atoms with Crippen LogP contribution in [-0.4, -0.2) is 46.3 Å². The molecule has 7 nitrogen and oxygen atoms in total. The molecule has 2 N–H and O–H groups in total. The average Bonchev–Trinajstić information content (AvgIpc) is 3.02. The quantitative estimate of drug-likeness (QED) is 0.870. The van der Waals surface area contributed by atoms with E-state index in [0.29, 0.717) is 25.1 Å². The number of aromatic amines is 1. The molecule has 118 valence electrons. The summed E-state index contributed by atoms with van der Waals surface area (Å²) in [6.07, 6.45) is 2.45. The van der Waals surface area contributed by atoms with Crippen LogP contribution in [0.15, 0.2) is 35.4 Å². The predicted molar refractivity (Wildman–Crippen MR) is 79.5 cm³/mol. The first-order valence-corrected chi connectivity index (χ1v) is 8.51. The van der Waals surface area contributed by atoms with Crippen molar-refractivity contribution in [2.24, 2.45) is 0 Å². The Morgan fingerprint density at radius 3 is 2.91 bits per heavy atom. The van der Waals surface area contributed by atoms with Crippen LogP contribution >= 0.6 is 0 Å². The number of H-pyrrole nitrogens is 1. The minimum Gasteiger partial charge on any atom is -0.382 e. The molecule has 0 saturated carbocycles. The van der Waals surface area contributed by atoms with Gasteiger partial charge in [-0.3, -0.25) is 0 Å². The fourth-order valence-electron chi connectivity index (χ4n) is 2.76. The van der Waals surface area contributed by atoms with Gasteiger partial charge in [0.25, 0.3) is 0 Å². The van der Waals surface area contributed by atoms with E-state index in [-0.39, 0.29) is 11.4 Å². The average molecular weight is 322 g/mol. The summed E-state index contributed by atoms with van der Waals surface area (Å²) in [6.45, 7) is 2.22. The first-order chi connectivity index (χ1) is 10.4. The Balaban J connectivity index is 1.91. The molecule has 0 aliphatic carbocycles. The highest BCUT2D eigenvalue weighted by molar-refractivity contribution is 7.89. The van der Waals surface area contributed by atoms with E-state index in [1.807, 2.05) is 13.0 Å². The number of piperidine rings is 1. The van der Waals surface area contributed by atoms with Gasteiger partial charge in [-0.25, -0.2) is 8.42 Å². The number of nitrogens with zero attached hydrogens (tertiary/aromatic N) is 3. The largest absolute Gasteiger partial charge is 0.382 e. The molecule has 1 atom stereocenters. The van der Waals surface area contributed by atoms with Gasteiger partial charge < -0.3 is 5.11 Å². The summed E-state index contributed by atoms with van der Waals surface area (Å²) in [6, 6.07) is 6.78. The highest BCUT2D eigenvalue weighted by atomic mass is 32.2. The summed E-state index contributed by atoms with van der Waals surface area (Å²) >= 11 is 0. The van der Waals surface area contributed by atoms with Gasteiger partial charge in [-0.05, 0) is 37.5 Å². The first-order valence-electron chi connectivity index (χ1n) is 7.07. The minimum atomic E-state index is -3.63. The Morgan fingerprint density at radius 2 is 2.23 bits per heavy atom. The molecular weight excluding hydrogens is 304 g/mol. The number of benzene rings is 1. The normalized spacial score (nSPS) is 23.5. The van der Waals surface area contributed by atoms with E-state index < -0.39 is 15.6 Å². The number of hydrogen-bond donors (Lipinski definition) is 2. The molecule has 1 aromatic heterocycles. The van der Waals surface area contributed by atoms with E-state index in [0.717, 1.165) is 5.56 Å². The van der Waals surface area contributed by atoms with Gasteiger partial charge in [-0.1, -0.05) is 12.1 Å². The molecule has 1 aromatic carbocycles. The monoisotopic (exact) mass is 322 g/mol. The standard InChI is InChI=1S/C14H18N4O3S/c1-11-4-2-5-12(8-11)22(20,21)18-7-3-6-14(19,10-18)13-9-15-17-16-13/h2,4-5,8-9,19H,3,6-7,10H2,1H3,(H,15,16,17). The molecule has 2 heterocycles. The second kappa shape index (κ2) is 5.45. The summed E-state index contributed by atoms with van der Waals surface area (Å²) in [4.78, 5) is 0.247. The van der Waals surface area contributed by atoms with Crippen LogP contribution in [0, 0.1) is 6.92 Å². The molecule has 1 unspecified atom stereocenters. The van der Waals surface area contributed by atoms with Crippen LogP contribution in [0.3, 0.4) is 0 Å². The van der Waals surface area contributed by atoms with Crippen LogP contribution in [-0.2, 0) is 15.6 Å². The van der Waals surface area contributed by atoms with Crippen molar-refractivity contribution in [1.29, 1.82) is 0 Å². The summed E-state index contributed by atoms with van der Waals surface area (Å²) in [7, 11) is -3.63. The van der Waals surface area contributed by atoms with Crippen molar-refractivity contribution in [3.8, 4) is 0 Å². The van der Waals surface area contributed by atoms with Crippen LogP contribution in [0.25, 0.3) is 0 Å². The molecule has 3 rings (SSSR count). The van der Waals surface area contributed by atoms with E-state index in [2.05, 4.69) is 15.4 Å². The zero-order chi connectivity index (χ0) is 15.8. The third-order valence-electron chi connectivity index (χ3n) is 3.95. The second-order valence-corrected chi connectivity index (χ2v) is 7.58. The van der Waals surface area contributed by atoms with Crippen LogP contribution in [0.1, 0.15) is 24.1 Å². The molecule has 0 amide bonds. The molecule has 0 spiro atoms. The number of aromatic nitrogens is 3. The second-order valence-electron chi connectivity index (χ2n) is 5.65. The Morgan fingerprint density at radius 1 is 1.41 bits per heavy atom. The number of nitrogens with one attached hydrogen (secondary N) is 1. The topological polar surface area (TPSA) is 99.2 Å². The predicted octanol–water partition coefficient (Wildman–Crippen LogP) is 0.785. The summed E-state index contributed by atoms with van der Waals surface area (Å²) in [5.41, 5.74) is -0.0520. The van der Waals surface area contributed by atoms with Gasteiger partial charge in [-0.2, -0.15) is 19.7 Å².